The summed E-state index contributed by atoms with van der Waals surface area (Å²) in [6, 6.07) is 0. The first-order chi connectivity index (χ1) is 13.6. The van der Waals surface area contributed by atoms with E-state index in [-0.39, 0.29) is 0 Å². The van der Waals surface area contributed by atoms with Gasteiger partial charge in [0.2, 0.25) is 0 Å². The summed E-state index contributed by atoms with van der Waals surface area (Å²) in [5.74, 6) is 2.52. The molecule has 3 rings (SSSR count). The van der Waals surface area contributed by atoms with E-state index in [0.717, 1.165) is 0 Å². The largest absolute Gasteiger partial charge is 0.333 e. The number of hydrogen-bond acceptors (Lipinski definition) is 6. The highest BCUT2D eigenvalue weighted by atomic mass is 127. The van der Waals surface area contributed by atoms with E-state index in [1.807, 2.05) is 47.0 Å². The third-order valence-electron chi connectivity index (χ3n) is 4.23. The van der Waals surface area contributed by atoms with Crippen LogP contribution in [0.3, 0.4) is 0 Å². The normalized spacial score (nSPS) is 16.6. The highest BCUT2D eigenvalue weighted by Gasteiger charge is 2.33. The molecule has 0 bridgehead atoms. The lowest BCUT2D eigenvalue weighted by Crippen LogP contribution is -1.93. The second-order valence-corrected chi connectivity index (χ2v) is 15.8. The molecule has 0 aliphatic carbocycles. The van der Waals surface area contributed by atoms with Gasteiger partial charge < -0.3 is 4.57 Å². The average Bonchev–Trinajstić information content (AvgIpc) is 3.35. The van der Waals surface area contributed by atoms with Gasteiger partial charge in [0, 0.05) is 7.05 Å². The van der Waals surface area contributed by atoms with Crippen molar-refractivity contribution in [2.75, 3.05) is 11.5 Å². The van der Waals surface area contributed by atoms with Crippen molar-refractivity contribution in [1.29, 1.82) is 0 Å². The molecule has 0 atom stereocenters. The summed E-state index contributed by atoms with van der Waals surface area (Å²) in [5.41, 5.74) is 0. The molecule has 0 unspecified atom stereocenters. The van der Waals surface area contributed by atoms with Crippen molar-refractivity contribution in [3.63, 3.8) is 0 Å². The van der Waals surface area contributed by atoms with Crippen LogP contribution in [0.2, 0.25) is 0 Å². The minimum absolute atomic E-state index is 1.26. The maximum Gasteiger partial charge on any atom is 0.0957 e. The number of hydrogen-bond donors (Lipinski definition) is 0. The standard InChI is InChI=1S/C19H25I2NS6/c1-4-6-8-10-23-16-17(24-11-9-7-5-2)28-19(27-16)18-25-12-13(26-18)15(21)22(3)14(12)20/h4-11H2,1-3H3. The quantitative estimate of drug-likeness (QED) is 0.175. The Morgan fingerprint density at radius 3 is 1.57 bits per heavy atom. The first-order valence-corrected chi connectivity index (χ1v) is 16.9. The van der Waals surface area contributed by atoms with Crippen molar-refractivity contribution >= 4 is 116 Å². The van der Waals surface area contributed by atoms with Crippen LogP contribution < -0.4 is 0 Å². The molecule has 3 heterocycles. The third-order valence-corrected chi connectivity index (χ3v) is 16.3. The number of unbranched alkanes of at least 4 members (excludes halogenated alkanes) is 4. The molecule has 0 spiro atoms. The molecular formula is C19H25I2NS6. The van der Waals surface area contributed by atoms with Gasteiger partial charge >= 0.3 is 0 Å². The number of fused-ring (bicyclic) bond motifs is 1. The Morgan fingerprint density at radius 1 is 0.714 bits per heavy atom. The summed E-state index contributed by atoms with van der Waals surface area (Å²) in [6.45, 7) is 4.58. The van der Waals surface area contributed by atoms with Crippen molar-refractivity contribution in [3.8, 4) is 0 Å². The van der Waals surface area contributed by atoms with Gasteiger partial charge in [-0.15, -0.1) is 23.5 Å². The van der Waals surface area contributed by atoms with E-state index in [0.29, 0.717) is 0 Å². The molecule has 156 valence electrons. The van der Waals surface area contributed by atoms with Gasteiger partial charge in [-0.25, -0.2) is 0 Å². The topological polar surface area (TPSA) is 4.93 Å². The van der Waals surface area contributed by atoms with Gasteiger partial charge in [-0.3, -0.25) is 0 Å². The molecule has 1 nitrogen and oxygen atoms in total. The molecule has 0 radical (unpaired) electrons. The second kappa shape index (κ2) is 12.5. The van der Waals surface area contributed by atoms with Crippen LogP contribution in [0, 0.1) is 7.40 Å². The monoisotopic (exact) mass is 713 g/mol. The number of thioether (sulfide) groups is 6. The lowest BCUT2D eigenvalue weighted by atomic mass is 10.3. The van der Waals surface area contributed by atoms with E-state index in [9.17, 15) is 0 Å². The molecule has 0 amide bonds. The van der Waals surface area contributed by atoms with E-state index in [2.05, 4.69) is 94.2 Å². The first kappa shape index (κ1) is 25.0. The van der Waals surface area contributed by atoms with Crippen LogP contribution in [0.15, 0.2) is 26.7 Å². The maximum atomic E-state index is 2.49. The predicted octanol–water partition coefficient (Wildman–Crippen LogP) is 10.0. The third kappa shape index (κ3) is 6.21. The molecule has 0 N–H and O–H groups in total. The van der Waals surface area contributed by atoms with Crippen LogP contribution in [-0.2, 0) is 7.05 Å². The Bertz CT molecular complexity index is 713. The summed E-state index contributed by atoms with van der Waals surface area (Å²) in [5, 5.41) is 0. The van der Waals surface area contributed by atoms with Gasteiger partial charge in [0.25, 0.3) is 0 Å². The molecule has 0 fully saturated rings. The Hall–Kier alpha value is 2.32. The lowest BCUT2D eigenvalue weighted by Gasteiger charge is -2.04. The van der Waals surface area contributed by atoms with Crippen LogP contribution in [0.4, 0.5) is 0 Å². The van der Waals surface area contributed by atoms with Crippen LogP contribution in [0.1, 0.15) is 52.4 Å². The average molecular weight is 714 g/mol. The lowest BCUT2D eigenvalue weighted by molar-refractivity contribution is 0.779. The van der Waals surface area contributed by atoms with E-state index in [1.54, 1.807) is 8.47 Å². The highest BCUT2D eigenvalue weighted by Crippen LogP contribution is 2.65. The minimum atomic E-state index is 1.26. The summed E-state index contributed by atoms with van der Waals surface area (Å²) in [6.07, 6.45) is 7.98. The number of nitrogens with zero attached hydrogens (tertiary/aromatic N) is 1. The minimum Gasteiger partial charge on any atom is -0.333 e. The molecule has 2 aliphatic rings. The van der Waals surface area contributed by atoms with Crippen LogP contribution in [-0.4, -0.2) is 16.1 Å². The molecule has 1 aromatic rings. The predicted molar refractivity (Wildman–Crippen MR) is 156 cm³/mol. The second-order valence-electron chi connectivity index (χ2n) is 6.47. The Labute approximate surface area is 222 Å². The highest BCUT2D eigenvalue weighted by molar-refractivity contribution is 14.1. The molecule has 1 aromatic heterocycles. The molecule has 0 aromatic carbocycles. The zero-order chi connectivity index (χ0) is 20.1. The van der Waals surface area contributed by atoms with Crippen molar-refractivity contribution in [2.24, 2.45) is 7.05 Å². The van der Waals surface area contributed by atoms with Gasteiger partial charge in [-0.2, -0.15) is 0 Å². The molecule has 0 saturated heterocycles. The van der Waals surface area contributed by atoms with Gasteiger partial charge in [-0.1, -0.05) is 86.6 Å². The zero-order valence-electron chi connectivity index (χ0n) is 16.3. The molecule has 9 heteroatoms. The number of halogens is 2. The SMILES string of the molecule is CCCCCSC1=C(SCCCCC)SC(=C2Sc3c(c(I)n(C)c3I)S2)S1. The van der Waals surface area contributed by atoms with Gasteiger partial charge in [0.1, 0.15) is 0 Å². The van der Waals surface area contributed by atoms with E-state index in [4.69, 9.17) is 0 Å². The Morgan fingerprint density at radius 2 is 1.14 bits per heavy atom. The van der Waals surface area contributed by atoms with Crippen molar-refractivity contribution in [1.82, 2.24) is 4.57 Å². The maximum absolute atomic E-state index is 2.49. The summed E-state index contributed by atoms with van der Waals surface area (Å²) >= 11 is 17.2. The fourth-order valence-corrected chi connectivity index (χ4v) is 14.0. The number of rotatable bonds is 10. The van der Waals surface area contributed by atoms with Crippen LogP contribution >= 0.6 is 116 Å². The van der Waals surface area contributed by atoms with Gasteiger partial charge in [0.05, 0.1) is 34.1 Å². The van der Waals surface area contributed by atoms with E-state index in [1.165, 1.54) is 75.7 Å². The summed E-state index contributed by atoms with van der Waals surface area (Å²) in [4.78, 5) is 2.92. The van der Waals surface area contributed by atoms with Crippen molar-refractivity contribution in [3.05, 3.63) is 24.3 Å². The van der Waals surface area contributed by atoms with E-state index < -0.39 is 0 Å². The smallest absolute Gasteiger partial charge is 0.0957 e. The van der Waals surface area contributed by atoms with Crippen LogP contribution in [0.25, 0.3) is 0 Å². The van der Waals surface area contributed by atoms with Crippen LogP contribution in [0.5, 0.6) is 0 Å². The Kier molecular flexibility index (Phi) is 11.2. The van der Waals surface area contributed by atoms with Crippen molar-refractivity contribution in [2.45, 2.75) is 62.2 Å². The molecule has 0 saturated carbocycles. The van der Waals surface area contributed by atoms with Gasteiger partial charge in [0.15, 0.2) is 0 Å². The summed E-state index contributed by atoms with van der Waals surface area (Å²) in [7, 11) is 2.17. The zero-order valence-corrected chi connectivity index (χ0v) is 25.5. The summed E-state index contributed by atoms with van der Waals surface area (Å²) < 4.78 is 11.2. The molecule has 28 heavy (non-hydrogen) atoms. The van der Waals surface area contributed by atoms with E-state index >= 15 is 0 Å². The molecule has 2 aliphatic heterocycles. The van der Waals surface area contributed by atoms with Crippen molar-refractivity contribution < 1.29 is 0 Å². The Balaban J connectivity index is 1.69. The molecular weight excluding hydrogens is 688 g/mol. The number of aromatic nitrogens is 1. The fraction of sp³-hybridized carbons (Fsp3) is 0.579. The first-order valence-electron chi connectivity index (χ1n) is 9.56. The van der Waals surface area contributed by atoms with Gasteiger partial charge in [-0.05, 0) is 69.5 Å². The fourth-order valence-electron chi connectivity index (χ4n) is 2.61.